The number of ether oxygens (including phenoxy) is 1. The number of rotatable bonds is 16. The van der Waals surface area contributed by atoms with E-state index in [0.29, 0.717) is 18.4 Å². The number of unbranched alkanes of at least 4 members (excludes halogenated alkanes) is 1. The Kier molecular flexibility index (Phi) is 12.8. The summed E-state index contributed by atoms with van der Waals surface area (Å²) in [4.78, 5) is 44.7. The summed E-state index contributed by atoms with van der Waals surface area (Å²) in [7, 11) is -12.6. The molecule has 0 fully saturated rings. The van der Waals surface area contributed by atoms with Crippen LogP contribution < -0.4 is 10.1 Å². The van der Waals surface area contributed by atoms with Crippen molar-refractivity contribution in [2.24, 2.45) is 0 Å². The minimum absolute atomic E-state index is 0.0611. The molecule has 1 aliphatic heterocycles. The van der Waals surface area contributed by atoms with Gasteiger partial charge < -0.3 is 24.3 Å². The molecule has 14 heteroatoms. The van der Waals surface area contributed by atoms with Crippen LogP contribution >= 0.6 is 15.2 Å². The first-order valence-electron chi connectivity index (χ1n) is 16.6. The van der Waals surface area contributed by atoms with Crippen LogP contribution in [0.15, 0.2) is 47.4 Å². The van der Waals surface area contributed by atoms with Crippen LogP contribution in [0.25, 0.3) is 0 Å². The van der Waals surface area contributed by atoms with Gasteiger partial charge in [-0.1, -0.05) is 84.7 Å². The lowest BCUT2D eigenvalue weighted by Crippen LogP contribution is -2.59. The normalized spacial score (nSPS) is 20.6. The van der Waals surface area contributed by atoms with Crippen molar-refractivity contribution in [1.29, 1.82) is 0 Å². The number of hydrogen-bond acceptors (Lipinski definition) is 7. The molecule has 47 heavy (non-hydrogen) atoms. The Morgan fingerprint density at radius 1 is 0.915 bits per heavy atom. The van der Waals surface area contributed by atoms with E-state index in [4.69, 9.17) is 4.74 Å². The van der Waals surface area contributed by atoms with Gasteiger partial charge in [0.2, 0.25) is 0 Å². The third-order valence-corrected chi connectivity index (χ3v) is 16.3. The fourth-order valence-electron chi connectivity index (χ4n) is 7.50. The average molecular weight is 717 g/mol. The van der Waals surface area contributed by atoms with E-state index < -0.39 is 47.2 Å². The summed E-state index contributed by atoms with van der Waals surface area (Å²) < 4.78 is 61.4. The smallest absolute Gasteiger partial charge is 0.345 e. The maximum Gasteiger partial charge on any atom is 0.345 e. The molecule has 11 nitrogen and oxygen atoms in total. The molecular weight excluding hydrogens is 662 g/mol. The van der Waals surface area contributed by atoms with Crippen LogP contribution in [0.3, 0.4) is 0 Å². The van der Waals surface area contributed by atoms with Crippen molar-refractivity contribution in [3.05, 3.63) is 59.2 Å². The maximum atomic E-state index is 14.4. The fourth-order valence-corrected chi connectivity index (χ4v) is 12.5. The summed E-state index contributed by atoms with van der Waals surface area (Å²) in [6.07, 6.45) is 2.48. The summed E-state index contributed by atoms with van der Waals surface area (Å²) >= 11 is 0. The van der Waals surface area contributed by atoms with Gasteiger partial charge in [0.15, 0.2) is 9.84 Å². The summed E-state index contributed by atoms with van der Waals surface area (Å²) in [5, 5.41) is -0.184. The largest absolute Gasteiger partial charge is 0.496 e. The highest BCUT2D eigenvalue weighted by Crippen LogP contribution is 2.66. The van der Waals surface area contributed by atoms with Crippen molar-refractivity contribution < 1.29 is 41.9 Å². The predicted molar refractivity (Wildman–Crippen MR) is 185 cm³/mol. The second-order valence-electron chi connectivity index (χ2n) is 12.7. The van der Waals surface area contributed by atoms with Crippen molar-refractivity contribution >= 4 is 25.0 Å². The molecule has 2 aromatic carbocycles. The molecule has 0 radical (unpaired) electrons. The molecule has 0 unspecified atom stereocenters. The monoisotopic (exact) mass is 716 g/mol. The van der Waals surface area contributed by atoms with Crippen LogP contribution in [-0.4, -0.2) is 61.9 Å². The standard InChI is InChI=1S/C33H54N2O9P2S/c1-8-14-20-31(9-2)24-47(42,43)29-21-26(28(44-7)22-27(29)30(34-31)25-18-16-15-17-19-25)23-35(32(10-3,11-4)45(36,37)38)33(12-5,13-6)46(39,40)41/h15-19,21-22,30,34H,8-14,20,23-24H2,1-7H3,(H2,36,37,38)(H2,39,40,41)/t30-,31-/m1/s1. The maximum absolute atomic E-state index is 14.4. The molecule has 1 heterocycles. The lowest BCUT2D eigenvalue weighted by molar-refractivity contribution is 0.0201. The van der Waals surface area contributed by atoms with Crippen molar-refractivity contribution in [3.63, 3.8) is 0 Å². The predicted octanol–water partition coefficient (Wildman–Crippen LogP) is 6.69. The van der Waals surface area contributed by atoms with Crippen LogP contribution in [0.5, 0.6) is 5.75 Å². The zero-order valence-electron chi connectivity index (χ0n) is 28.8. The molecule has 0 amide bonds. The van der Waals surface area contributed by atoms with Gasteiger partial charge >= 0.3 is 15.2 Å². The molecule has 0 saturated carbocycles. The summed E-state index contributed by atoms with van der Waals surface area (Å²) in [5.41, 5.74) is 0.883. The fraction of sp³-hybridized carbons (Fsp3) is 0.636. The van der Waals surface area contributed by atoms with Gasteiger partial charge in [0.05, 0.1) is 23.8 Å². The van der Waals surface area contributed by atoms with E-state index >= 15 is 0 Å². The zero-order valence-corrected chi connectivity index (χ0v) is 31.4. The molecular formula is C33H54N2O9P2S. The molecule has 0 aliphatic carbocycles. The number of nitrogens with zero attached hydrogens (tertiary/aromatic N) is 1. The average Bonchev–Trinajstić information content (AvgIpc) is 3.12. The molecule has 266 valence electrons. The third kappa shape index (κ3) is 7.47. The first kappa shape index (κ1) is 39.8. The van der Waals surface area contributed by atoms with E-state index in [2.05, 4.69) is 12.2 Å². The van der Waals surface area contributed by atoms with Gasteiger partial charge in [0, 0.05) is 17.6 Å². The molecule has 3 rings (SSSR count). The van der Waals surface area contributed by atoms with Gasteiger partial charge in [0.25, 0.3) is 0 Å². The second kappa shape index (κ2) is 15.1. The Morgan fingerprint density at radius 3 is 1.87 bits per heavy atom. The Bertz CT molecular complexity index is 1530. The van der Waals surface area contributed by atoms with Gasteiger partial charge in [-0.2, -0.15) is 0 Å². The van der Waals surface area contributed by atoms with E-state index in [9.17, 15) is 37.1 Å². The van der Waals surface area contributed by atoms with E-state index in [0.717, 1.165) is 18.4 Å². The SMILES string of the molecule is CCCC[C@]1(CC)CS(=O)(=O)c2cc(CN(C(CC)(CC)P(=O)(O)O)C(CC)(CC)P(=O)(O)O)c(OC)cc2[C@@H](c2ccccc2)N1. The van der Waals surface area contributed by atoms with Crippen LogP contribution in [0.2, 0.25) is 0 Å². The van der Waals surface area contributed by atoms with Crippen LogP contribution in [0.4, 0.5) is 0 Å². The third-order valence-electron chi connectivity index (χ3n) is 10.5. The lowest BCUT2D eigenvalue weighted by atomic mass is 9.87. The lowest BCUT2D eigenvalue weighted by Gasteiger charge is -2.53. The van der Waals surface area contributed by atoms with E-state index in [-0.39, 0.29) is 54.2 Å². The molecule has 0 saturated heterocycles. The minimum Gasteiger partial charge on any atom is -0.496 e. The minimum atomic E-state index is -5.04. The van der Waals surface area contributed by atoms with Crippen LogP contribution in [-0.2, 0) is 25.5 Å². The van der Waals surface area contributed by atoms with Crippen molar-refractivity contribution in [2.45, 2.75) is 126 Å². The summed E-state index contributed by atoms with van der Waals surface area (Å²) in [6, 6.07) is 12.2. The van der Waals surface area contributed by atoms with Gasteiger partial charge in [-0.05, 0) is 61.8 Å². The van der Waals surface area contributed by atoms with Crippen molar-refractivity contribution in [1.82, 2.24) is 10.2 Å². The quantitative estimate of drug-likeness (QED) is 0.117. The Morgan fingerprint density at radius 2 is 1.45 bits per heavy atom. The van der Waals surface area contributed by atoms with Crippen LogP contribution in [0, 0.1) is 0 Å². The number of fused-ring (bicyclic) bond motifs is 1. The Labute approximate surface area is 280 Å². The number of methoxy groups -OCH3 is 1. The molecule has 0 aromatic heterocycles. The number of benzene rings is 2. The highest BCUT2D eigenvalue weighted by Gasteiger charge is 2.60. The molecule has 0 bridgehead atoms. The van der Waals surface area contributed by atoms with Crippen LogP contribution in [0.1, 0.15) is 116 Å². The number of hydrogen-bond donors (Lipinski definition) is 5. The first-order chi connectivity index (χ1) is 21.9. The van der Waals surface area contributed by atoms with Gasteiger partial charge in [-0.3, -0.25) is 19.3 Å². The molecule has 2 atom stereocenters. The Balaban J connectivity index is 2.44. The Hall–Kier alpha value is -1.59. The van der Waals surface area contributed by atoms with E-state index in [1.165, 1.54) is 18.1 Å². The molecule has 2 aromatic rings. The van der Waals surface area contributed by atoms with Gasteiger partial charge in [-0.25, -0.2) is 8.42 Å². The topological polar surface area (TPSA) is 174 Å². The van der Waals surface area contributed by atoms with Crippen molar-refractivity contribution in [3.8, 4) is 5.75 Å². The second-order valence-corrected chi connectivity index (χ2v) is 18.5. The highest BCUT2D eigenvalue weighted by atomic mass is 32.2. The molecule has 5 N–H and O–H groups in total. The summed E-state index contributed by atoms with van der Waals surface area (Å²) in [5.74, 6) is 0.0949. The molecule has 0 spiro atoms. The van der Waals surface area contributed by atoms with Gasteiger partial charge in [0.1, 0.15) is 16.3 Å². The van der Waals surface area contributed by atoms with Crippen molar-refractivity contribution in [2.75, 3.05) is 12.9 Å². The first-order valence-corrected chi connectivity index (χ1v) is 21.4. The number of nitrogens with one attached hydrogen (secondary N) is 1. The van der Waals surface area contributed by atoms with Gasteiger partial charge in [-0.15, -0.1) is 0 Å². The number of sulfone groups is 1. The molecule has 1 aliphatic rings. The van der Waals surface area contributed by atoms with E-state index in [1.54, 1.807) is 33.8 Å². The zero-order chi connectivity index (χ0) is 35.5. The summed E-state index contributed by atoms with van der Waals surface area (Å²) in [6.45, 7) is 10.0. The highest BCUT2D eigenvalue weighted by molar-refractivity contribution is 7.91. The van der Waals surface area contributed by atoms with E-state index in [1.807, 2.05) is 37.3 Å².